The first-order valence-corrected chi connectivity index (χ1v) is 5.80. The summed E-state index contributed by atoms with van der Waals surface area (Å²) in [5.41, 5.74) is 1.69. The number of carbonyl (C=O) groups is 2. The molecule has 1 aromatic carbocycles. The Kier molecular flexibility index (Phi) is 2.48. The SMILES string of the molecule is O=C1CC(=O)N(c2ccccc2-n2cccc2)C1. The van der Waals surface area contributed by atoms with Crippen molar-refractivity contribution >= 4 is 17.4 Å². The molecule has 0 atom stereocenters. The Morgan fingerprint density at radius 2 is 1.56 bits per heavy atom. The molecule has 90 valence electrons. The second-order valence-electron chi connectivity index (χ2n) is 4.27. The number of anilines is 1. The Labute approximate surface area is 104 Å². The molecule has 1 aliphatic rings. The van der Waals surface area contributed by atoms with Crippen molar-refractivity contribution in [3.63, 3.8) is 0 Å². The highest BCUT2D eigenvalue weighted by Gasteiger charge is 2.29. The fourth-order valence-corrected chi connectivity index (χ4v) is 2.21. The van der Waals surface area contributed by atoms with Gasteiger partial charge in [0.1, 0.15) is 0 Å². The maximum atomic E-state index is 11.8. The van der Waals surface area contributed by atoms with E-state index in [9.17, 15) is 9.59 Å². The number of rotatable bonds is 2. The molecule has 1 saturated heterocycles. The summed E-state index contributed by atoms with van der Waals surface area (Å²) in [7, 11) is 0. The highest BCUT2D eigenvalue weighted by Crippen LogP contribution is 2.27. The van der Waals surface area contributed by atoms with Gasteiger partial charge in [0.15, 0.2) is 5.78 Å². The quantitative estimate of drug-likeness (QED) is 0.751. The summed E-state index contributed by atoms with van der Waals surface area (Å²) in [5, 5.41) is 0. The molecule has 0 radical (unpaired) electrons. The van der Waals surface area contributed by atoms with Crippen molar-refractivity contribution in [1.29, 1.82) is 0 Å². The van der Waals surface area contributed by atoms with Crippen LogP contribution in [0.5, 0.6) is 0 Å². The average Bonchev–Trinajstić information content (AvgIpc) is 2.99. The molecular weight excluding hydrogens is 228 g/mol. The van der Waals surface area contributed by atoms with Crippen LogP contribution in [0.1, 0.15) is 6.42 Å². The van der Waals surface area contributed by atoms with Gasteiger partial charge in [0, 0.05) is 12.4 Å². The zero-order valence-corrected chi connectivity index (χ0v) is 9.74. The number of hydrogen-bond acceptors (Lipinski definition) is 2. The van der Waals surface area contributed by atoms with Gasteiger partial charge in [0.25, 0.3) is 0 Å². The van der Waals surface area contributed by atoms with Crippen LogP contribution in [0.3, 0.4) is 0 Å². The lowest BCUT2D eigenvalue weighted by Gasteiger charge is -2.19. The highest BCUT2D eigenvalue weighted by atomic mass is 16.2. The van der Waals surface area contributed by atoms with E-state index in [0.29, 0.717) is 0 Å². The Balaban J connectivity index is 2.08. The van der Waals surface area contributed by atoms with E-state index in [-0.39, 0.29) is 24.7 Å². The summed E-state index contributed by atoms with van der Waals surface area (Å²) < 4.78 is 1.94. The number of nitrogens with zero attached hydrogens (tertiary/aromatic N) is 2. The van der Waals surface area contributed by atoms with E-state index < -0.39 is 0 Å². The van der Waals surface area contributed by atoms with Crippen LogP contribution in [0.15, 0.2) is 48.8 Å². The van der Waals surface area contributed by atoms with Gasteiger partial charge in [0.2, 0.25) is 5.91 Å². The van der Waals surface area contributed by atoms with Crippen LogP contribution in [0.25, 0.3) is 5.69 Å². The van der Waals surface area contributed by atoms with Crippen molar-refractivity contribution in [1.82, 2.24) is 4.57 Å². The van der Waals surface area contributed by atoms with E-state index in [4.69, 9.17) is 0 Å². The number of ketones is 1. The summed E-state index contributed by atoms with van der Waals surface area (Å²) in [6.45, 7) is 0.178. The van der Waals surface area contributed by atoms with Crippen LogP contribution in [0.4, 0.5) is 5.69 Å². The molecule has 0 saturated carbocycles. The van der Waals surface area contributed by atoms with Gasteiger partial charge in [0.05, 0.1) is 24.3 Å². The minimum absolute atomic E-state index is 0.0139. The zero-order valence-electron chi connectivity index (χ0n) is 9.74. The van der Waals surface area contributed by atoms with Crippen molar-refractivity contribution in [3.05, 3.63) is 48.8 Å². The average molecular weight is 240 g/mol. The van der Waals surface area contributed by atoms with Crippen molar-refractivity contribution in [2.24, 2.45) is 0 Å². The molecule has 1 fully saturated rings. The Bertz CT molecular complexity index is 602. The number of hydrogen-bond donors (Lipinski definition) is 0. The van der Waals surface area contributed by atoms with Crippen molar-refractivity contribution in [2.45, 2.75) is 6.42 Å². The first kappa shape index (κ1) is 10.8. The number of Topliss-reactive ketones (excluding diaryl/α,β-unsaturated/α-hetero) is 1. The molecule has 0 aliphatic carbocycles. The van der Waals surface area contributed by atoms with Gasteiger partial charge in [-0.15, -0.1) is 0 Å². The lowest BCUT2D eigenvalue weighted by molar-refractivity contribution is -0.121. The lowest BCUT2D eigenvalue weighted by Crippen LogP contribution is -2.25. The number of carbonyl (C=O) groups excluding carboxylic acids is 2. The largest absolute Gasteiger partial charge is 0.322 e. The smallest absolute Gasteiger partial charge is 0.234 e. The van der Waals surface area contributed by atoms with Gasteiger partial charge in [-0.05, 0) is 24.3 Å². The lowest BCUT2D eigenvalue weighted by atomic mass is 10.2. The summed E-state index contributed by atoms with van der Waals surface area (Å²) in [5.74, 6) is -0.151. The van der Waals surface area contributed by atoms with Crippen LogP contribution in [0, 0.1) is 0 Å². The van der Waals surface area contributed by atoms with Crippen LogP contribution < -0.4 is 4.90 Å². The number of para-hydroxylation sites is 2. The van der Waals surface area contributed by atoms with Crippen molar-refractivity contribution in [2.75, 3.05) is 11.4 Å². The number of aromatic nitrogens is 1. The molecule has 4 heteroatoms. The first-order valence-electron chi connectivity index (χ1n) is 5.80. The standard InChI is InChI=1S/C14H12N2O2/c17-11-9-14(18)16(10-11)13-6-2-1-5-12(13)15-7-3-4-8-15/h1-8H,9-10H2. The Hall–Kier alpha value is -2.36. The third-order valence-corrected chi connectivity index (χ3v) is 3.04. The van der Waals surface area contributed by atoms with E-state index in [2.05, 4.69) is 0 Å². The van der Waals surface area contributed by atoms with Gasteiger partial charge < -0.3 is 9.47 Å². The molecule has 18 heavy (non-hydrogen) atoms. The van der Waals surface area contributed by atoms with Crippen LogP contribution in [-0.2, 0) is 9.59 Å². The third-order valence-electron chi connectivity index (χ3n) is 3.04. The first-order chi connectivity index (χ1) is 8.75. The summed E-state index contributed by atoms with van der Waals surface area (Å²) >= 11 is 0. The summed E-state index contributed by atoms with van der Waals surface area (Å²) in [4.78, 5) is 24.7. The molecule has 4 nitrogen and oxygen atoms in total. The minimum Gasteiger partial charge on any atom is -0.322 e. The fraction of sp³-hybridized carbons (Fsp3) is 0.143. The van der Waals surface area contributed by atoms with Crippen molar-refractivity contribution < 1.29 is 9.59 Å². The maximum absolute atomic E-state index is 11.8. The maximum Gasteiger partial charge on any atom is 0.234 e. The molecule has 1 aromatic heterocycles. The Morgan fingerprint density at radius 1 is 0.889 bits per heavy atom. The monoisotopic (exact) mass is 240 g/mol. The summed E-state index contributed by atoms with van der Waals surface area (Å²) in [6, 6.07) is 11.4. The zero-order chi connectivity index (χ0) is 12.5. The fourth-order valence-electron chi connectivity index (χ4n) is 2.21. The molecular formula is C14H12N2O2. The predicted molar refractivity (Wildman–Crippen MR) is 67.7 cm³/mol. The predicted octanol–water partition coefficient (Wildman–Crippen LogP) is 1.78. The molecule has 0 N–H and O–H groups in total. The van der Waals surface area contributed by atoms with Gasteiger partial charge >= 0.3 is 0 Å². The normalized spacial score (nSPS) is 15.4. The second-order valence-corrected chi connectivity index (χ2v) is 4.27. The number of amides is 1. The third kappa shape index (κ3) is 1.72. The van der Waals surface area contributed by atoms with Crippen LogP contribution >= 0.6 is 0 Å². The topological polar surface area (TPSA) is 42.3 Å². The molecule has 3 rings (SSSR count). The molecule has 1 aliphatic heterocycles. The van der Waals surface area contributed by atoms with Gasteiger partial charge in [-0.3, -0.25) is 9.59 Å². The summed E-state index contributed by atoms with van der Waals surface area (Å²) in [6.07, 6.45) is 3.85. The van der Waals surface area contributed by atoms with E-state index in [1.54, 1.807) is 4.90 Å². The Morgan fingerprint density at radius 3 is 2.17 bits per heavy atom. The second kappa shape index (κ2) is 4.14. The molecule has 0 unspecified atom stereocenters. The van der Waals surface area contributed by atoms with Crippen molar-refractivity contribution in [3.8, 4) is 5.69 Å². The van der Waals surface area contributed by atoms with E-state index in [0.717, 1.165) is 11.4 Å². The van der Waals surface area contributed by atoms with Crippen LogP contribution in [0.2, 0.25) is 0 Å². The number of benzene rings is 1. The van der Waals surface area contributed by atoms with Gasteiger partial charge in [-0.1, -0.05) is 12.1 Å². The molecule has 1 amide bonds. The highest BCUT2D eigenvalue weighted by molar-refractivity contribution is 6.15. The molecule has 0 bridgehead atoms. The van der Waals surface area contributed by atoms with E-state index >= 15 is 0 Å². The molecule has 2 heterocycles. The molecule has 2 aromatic rings. The van der Waals surface area contributed by atoms with Gasteiger partial charge in [-0.2, -0.15) is 0 Å². The minimum atomic E-state index is -0.125. The van der Waals surface area contributed by atoms with E-state index in [1.807, 2.05) is 53.4 Å². The van der Waals surface area contributed by atoms with Gasteiger partial charge in [-0.25, -0.2) is 0 Å². The molecule has 0 spiro atoms. The van der Waals surface area contributed by atoms with Crippen LogP contribution in [-0.4, -0.2) is 22.8 Å². The van der Waals surface area contributed by atoms with E-state index in [1.165, 1.54) is 0 Å².